The van der Waals surface area contributed by atoms with E-state index in [0.29, 0.717) is 3.55 Å². The van der Waals surface area contributed by atoms with Crippen LogP contribution in [0.5, 0.6) is 0 Å². The first kappa shape index (κ1) is 22.0. The van der Waals surface area contributed by atoms with Crippen molar-refractivity contribution < 1.29 is 14.3 Å². The summed E-state index contributed by atoms with van der Waals surface area (Å²) in [6, 6.07) is 0. The van der Waals surface area contributed by atoms with E-state index in [2.05, 4.69) is 80.4 Å². The van der Waals surface area contributed by atoms with Crippen molar-refractivity contribution in [2.45, 2.75) is 54.2 Å². The van der Waals surface area contributed by atoms with E-state index in [1.165, 1.54) is 21.6 Å². The Hall–Kier alpha value is 1.04. The minimum absolute atomic E-state index is 0. The molecule has 6 heteroatoms. The Morgan fingerprint density at radius 2 is 1.71 bits per heavy atom. The second kappa shape index (κ2) is 6.51. The molecule has 0 amide bonds. The number of halogens is 2. The molecule has 0 spiro atoms. The van der Waals surface area contributed by atoms with Crippen molar-refractivity contribution in [2.75, 3.05) is 0 Å². The van der Waals surface area contributed by atoms with Gasteiger partial charge in [0, 0.05) is 0 Å². The summed E-state index contributed by atoms with van der Waals surface area (Å²) in [6.07, 6.45) is 4.92. The maximum atomic E-state index is 4.02. The summed E-state index contributed by atoms with van der Waals surface area (Å²) in [4.78, 5) is 1.50. The molecule has 1 N–H and O–H groups in total. The average molecular weight is 402 g/mol. The van der Waals surface area contributed by atoms with Crippen molar-refractivity contribution in [1.82, 2.24) is 3.80 Å². The molecule has 2 aliphatic rings. The molecule has 2 rings (SSSR count). The zero-order valence-electron chi connectivity index (χ0n) is 14.2. The molecule has 1 aliphatic carbocycles. The van der Waals surface area contributed by atoms with Crippen molar-refractivity contribution in [3.8, 4) is 0 Å². The Bertz CT molecular complexity index is 593. The Morgan fingerprint density at radius 3 is 2.14 bits per heavy atom. The molecule has 1 aliphatic heterocycles. The third-order valence-corrected chi connectivity index (χ3v) is 17.9. The van der Waals surface area contributed by atoms with Gasteiger partial charge in [0.2, 0.25) is 0 Å². The summed E-state index contributed by atoms with van der Waals surface area (Å²) in [7, 11) is 2.27. The van der Waals surface area contributed by atoms with Gasteiger partial charge in [-0.15, -0.1) is 24.8 Å². The van der Waals surface area contributed by atoms with Gasteiger partial charge in [-0.3, -0.25) is 0 Å². The second-order valence-corrected chi connectivity index (χ2v) is 29.1. The van der Waals surface area contributed by atoms with Gasteiger partial charge in [0.25, 0.3) is 0 Å². The average Bonchev–Trinajstić information content (AvgIpc) is 2.64. The first-order valence-corrected chi connectivity index (χ1v) is 16.7. The van der Waals surface area contributed by atoms with E-state index in [-0.39, 0.29) is 30.4 Å². The quantitative estimate of drug-likeness (QED) is 0.672. The van der Waals surface area contributed by atoms with Crippen LogP contribution in [0.3, 0.4) is 0 Å². The number of rotatable bonds is 2. The van der Waals surface area contributed by atoms with Crippen LogP contribution in [-0.4, -0.2) is 16.7 Å². The van der Waals surface area contributed by atoms with E-state index in [0.717, 1.165) is 0 Å². The Labute approximate surface area is 149 Å². The van der Waals surface area contributed by atoms with E-state index in [4.69, 9.17) is 0 Å². The van der Waals surface area contributed by atoms with Crippen LogP contribution in [0, 0.1) is 0 Å². The van der Waals surface area contributed by atoms with Crippen LogP contribution in [0.2, 0.25) is 10.5 Å². The van der Waals surface area contributed by atoms with Crippen molar-refractivity contribution >= 4 is 44.2 Å². The Morgan fingerprint density at radius 1 is 1.19 bits per heavy atom. The summed E-state index contributed by atoms with van der Waals surface area (Å²) < 4.78 is 4.69. The van der Waals surface area contributed by atoms with Gasteiger partial charge in [0.05, 0.1) is 0 Å². The maximum absolute atomic E-state index is 4.02. The summed E-state index contributed by atoms with van der Waals surface area (Å²) in [5.41, 5.74) is 4.63. The zero-order valence-corrected chi connectivity index (χ0v) is 19.6. The van der Waals surface area contributed by atoms with Crippen LogP contribution in [0.25, 0.3) is 0 Å². The molecule has 0 saturated carbocycles. The summed E-state index contributed by atoms with van der Waals surface area (Å²) >= 11 is -0.556. The number of allylic oxidation sites excluding steroid dienone is 4. The van der Waals surface area contributed by atoms with Crippen LogP contribution >= 0.6 is 36.6 Å². The number of nitrogens with one attached hydrogen (secondary N) is 1. The van der Waals surface area contributed by atoms with Crippen LogP contribution in [0.1, 0.15) is 34.6 Å². The predicted octanol–water partition coefficient (Wildman–Crippen LogP) is 4.70. The SMILES string of the molecule is CC1=C(C)C2=C[CH]([Ti]([CH3])([CH3])(=[SiH2])[NH]C(C)(C)C)SC2=C1.Cl.Cl. The first-order chi connectivity index (χ1) is 8.37. The second-order valence-electron chi connectivity index (χ2n) is 8.12. The zero-order chi connectivity index (χ0) is 14.7. The first-order valence-electron chi connectivity index (χ1n) is 7.03. The molecule has 0 aromatic carbocycles. The van der Waals surface area contributed by atoms with Gasteiger partial charge in [-0.1, -0.05) is 0 Å². The van der Waals surface area contributed by atoms with E-state index in [1.54, 1.807) is 0 Å². The molecule has 21 heavy (non-hydrogen) atoms. The monoisotopic (exact) mass is 401 g/mol. The maximum Gasteiger partial charge on any atom is -0.147 e. The van der Waals surface area contributed by atoms with Gasteiger partial charge in [-0.25, -0.2) is 0 Å². The molecule has 0 aromatic heterocycles. The third kappa shape index (κ3) is 4.76. The van der Waals surface area contributed by atoms with Gasteiger partial charge in [0.1, 0.15) is 0 Å². The fraction of sp³-hybridized carbons (Fsp3) is 0.600. The number of hydrogen-bond donors (Lipinski definition) is 1. The van der Waals surface area contributed by atoms with Gasteiger partial charge >= 0.3 is 125 Å². The van der Waals surface area contributed by atoms with Crippen molar-refractivity contribution in [1.29, 1.82) is 0 Å². The van der Waals surface area contributed by atoms with E-state index < -0.39 is 14.3 Å². The van der Waals surface area contributed by atoms with Crippen LogP contribution in [-0.2, 0) is 14.3 Å². The predicted molar refractivity (Wildman–Crippen MR) is 104 cm³/mol. The van der Waals surface area contributed by atoms with Crippen LogP contribution < -0.4 is 3.80 Å². The minimum Gasteiger partial charge on any atom is -0.147 e. The topological polar surface area (TPSA) is 12.0 Å². The van der Waals surface area contributed by atoms with E-state index in [1.807, 2.05) is 0 Å². The minimum atomic E-state index is -2.65. The third-order valence-electron chi connectivity index (χ3n) is 3.88. The van der Waals surface area contributed by atoms with Crippen LogP contribution in [0.4, 0.5) is 0 Å². The smallest absolute Gasteiger partial charge is 0.147 e. The van der Waals surface area contributed by atoms with E-state index in [9.17, 15) is 0 Å². The molecule has 1 heterocycles. The fourth-order valence-electron chi connectivity index (χ4n) is 3.17. The standard InChI is InChI=1S/C9H9S.C4H10N.2CH3.2ClH.H2Si.Ti/c1-6-5-9-8(7(6)2)3-4-10-9;1-4(2,3)5;;;;;;/h3-5H,1-2H3;5H,1-3H3;2*1H3;2*1H;1H2;/q;-1;;;;;;+1. The normalized spacial score (nSPS) is 22.2. The van der Waals surface area contributed by atoms with Crippen molar-refractivity contribution in [2.24, 2.45) is 0 Å². The molecule has 0 fully saturated rings. The molecule has 1 nitrogen and oxygen atoms in total. The number of thioether (sulfide) groups is 1. The molecule has 0 radical (unpaired) electrons. The molecule has 1 unspecified atom stereocenters. The van der Waals surface area contributed by atoms with Crippen molar-refractivity contribution in [3.05, 3.63) is 33.8 Å². The van der Waals surface area contributed by atoms with Gasteiger partial charge in [0.15, 0.2) is 0 Å². The van der Waals surface area contributed by atoms with E-state index >= 15 is 0 Å². The van der Waals surface area contributed by atoms with Crippen molar-refractivity contribution in [3.63, 3.8) is 0 Å². The number of hydrogen-bond acceptors (Lipinski definition) is 2. The molecular weight excluding hydrogens is 373 g/mol. The molecule has 122 valence electrons. The Kier molecular flexibility index (Phi) is 6.83. The molecule has 0 aromatic rings. The summed E-state index contributed by atoms with van der Waals surface area (Å²) in [5.74, 6) is 0. The summed E-state index contributed by atoms with van der Waals surface area (Å²) in [6.45, 7) is 11.4. The Balaban J connectivity index is 0.00000200. The fourth-order valence-corrected chi connectivity index (χ4v) is 16.1. The van der Waals surface area contributed by atoms with Crippen LogP contribution in [0.15, 0.2) is 33.8 Å². The molecule has 0 saturated heterocycles. The molecular formula is C15H29Cl2NSSiTi. The largest absolute Gasteiger partial charge is 0.147 e. The van der Waals surface area contributed by atoms with Gasteiger partial charge in [-0.05, 0) is 0 Å². The summed E-state index contributed by atoms with van der Waals surface area (Å²) in [5, 5.41) is 5.06. The molecule has 0 bridgehead atoms. The number of fused-ring (bicyclic) bond motifs is 1. The van der Waals surface area contributed by atoms with Gasteiger partial charge < -0.3 is 0 Å². The molecule has 1 atom stereocenters. The van der Waals surface area contributed by atoms with Gasteiger partial charge in [-0.2, -0.15) is 0 Å².